The molecule has 0 unspecified atom stereocenters. The lowest BCUT2D eigenvalue weighted by Crippen LogP contribution is -2.42. The van der Waals surface area contributed by atoms with Crippen molar-refractivity contribution in [3.63, 3.8) is 0 Å². The quantitative estimate of drug-likeness (QED) is 0.875. The lowest BCUT2D eigenvalue weighted by Gasteiger charge is -2.11. The van der Waals surface area contributed by atoms with Crippen molar-refractivity contribution in [2.45, 2.75) is 18.6 Å². The number of nitrogens with one attached hydrogen (secondary N) is 2. The Kier molecular flexibility index (Phi) is 4.35. The molecule has 1 aliphatic heterocycles. The lowest BCUT2D eigenvalue weighted by atomic mass is 10.2. The van der Waals surface area contributed by atoms with Crippen molar-refractivity contribution in [2.24, 2.45) is 0 Å². The first-order valence-corrected chi connectivity index (χ1v) is 6.23. The summed E-state index contributed by atoms with van der Waals surface area (Å²) in [6.07, 6.45) is -3.91. The van der Waals surface area contributed by atoms with Gasteiger partial charge in [0.1, 0.15) is 11.8 Å². The zero-order valence-corrected chi connectivity index (χ0v) is 10.9. The van der Waals surface area contributed by atoms with E-state index in [4.69, 9.17) is 4.74 Å². The summed E-state index contributed by atoms with van der Waals surface area (Å²) in [7, 11) is 0. The maximum atomic E-state index is 12.4. The van der Waals surface area contributed by atoms with Crippen molar-refractivity contribution in [2.75, 3.05) is 13.2 Å². The molecule has 1 aromatic carbocycles. The highest BCUT2D eigenvalue weighted by Crippen LogP contribution is 2.30. The van der Waals surface area contributed by atoms with E-state index in [2.05, 4.69) is 10.6 Å². The van der Waals surface area contributed by atoms with Gasteiger partial charge in [0.25, 0.3) is 5.91 Å². The van der Waals surface area contributed by atoms with E-state index in [9.17, 15) is 22.8 Å². The minimum absolute atomic E-state index is 0.147. The van der Waals surface area contributed by atoms with Gasteiger partial charge in [0.2, 0.25) is 5.91 Å². The molecule has 8 heteroatoms. The van der Waals surface area contributed by atoms with E-state index in [-0.39, 0.29) is 18.3 Å². The molecule has 1 heterocycles. The van der Waals surface area contributed by atoms with Gasteiger partial charge in [-0.25, -0.2) is 0 Å². The van der Waals surface area contributed by atoms with Gasteiger partial charge in [0, 0.05) is 6.54 Å². The molecule has 0 aliphatic carbocycles. The monoisotopic (exact) mass is 302 g/mol. The van der Waals surface area contributed by atoms with E-state index in [1.165, 1.54) is 0 Å². The number of hydrogen-bond donors (Lipinski definition) is 2. The molecule has 2 rings (SSSR count). The van der Waals surface area contributed by atoms with E-state index >= 15 is 0 Å². The Morgan fingerprint density at radius 3 is 2.52 bits per heavy atom. The molecule has 1 saturated heterocycles. The van der Waals surface area contributed by atoms with Crippen LogP contribution in [0.4, 0.5) is 13.2 Å². The van der Waals surface area contributed by atoms with Crippen molar-refractivity contribution in [3.05, 3.63) is 29.8 Å². The average molecular weight is 302 g/mol. The van der Waals surface area contributed by atoms with Crippen LogP contribution in [-0.2, 0) is 15.8 Å². The number of benzene rings is 1. The van der Waals surface area contributed by atoms with Gasteiger partial charge >= 0.3 is 6.18 Å². The highest BCUT2D eigenvalue weighted by Gasteiger charge is 2.30. The topological polar surface area (TPSA) is 67.4 Å². The van der Waals surface area contributed by atoms with Crippen LogP contribution in [0.3, 0.4) is 0 Å². The molecule has 1 atom stereocenters. The summed E-state index contributed by atoms with van der Waals surface area (Å²) in [5, 5.41) is 5.05. The summed E-state index contributed by atoms with van der Waals surface area (Å²) in [4.78, 5) is 22.8. The second-order valence-corrected chi connectivity index (χ2v) is 4.51. The zero-order valence-electron chi connectivity index (χ0n) is 10.9. The van der Waals surface area contributed by atoms with E-state index in [0.717, 1.165) is 24.3 Å². The van der Waals surface area contributed by atoms with Crippen LogP contribution >= 0.6 is 0 Å². The third kappa shape index (κ3) is 4.11. The van der Waals surface area contributed by atoms with Crippen molar-refractivity contribution in [1.82, 2.24) is 10.6 Å². The molecule has 2 amide bonds. The molecule has 0 spiro atoms. The number of amides is 2. The third-order valence-corrected chi connectivity index (χ3v) is 2.94. The summed E-state index contributed by atoms with van der Waals surface area (Å²) >= 11 is 0. The number of halogens is 3. The Labute approximate surface area is 118 Å². The van der Waals surface area contributed by atoms with Gasteiger partial charge in [-0.2, -0.15) is 13.2 Å². The van der Waals surface area contributed by atoms with Gasteiger partial charge in [-0.15, -0.1) is 0 Å². The second-order valence-electron chi connectivity index (χ2n) is 4.51. The van der Waals surface area contributed by atoms with Crippen LogP contribution in [0.2, 0.25) is 0 Å². The van der Waals surface area contributed by atoms with Gasteiger partial charge in [0.15, 0.2) is 6.61 Å². The highest BCUT2D eigenvalue weighted by atomic mass is 19.4. The molecule has 1 aromatic rings. The number of carbonyl (C=O) groups excluding carboxylic acids is 2. The van der Waals surface area contributed by atoms with Gasteiger partial charge in [-0.3, -0.25) is 9.59 Å². The van der Waals surface area contributed by atoms with Crippen LogP contribution in [0.25, 0.3) is 0 Å². The molecule has 114 valence electrons. The summed E-state index contributed by atoms with van der Waals surface area (Å²) in [5.41, 5.74) is -0.790. The maximum Gasteiger partial charge on any atom is 0.416 e. The third-order valence-electron chi connectivity index (χ3n) is 2.94. The first-order valence-electron chi connectivity index (χ1n) is 6.23. The minimum Gasteiger partial charge on any atom is -0.484 e. The molecule has 0 radical (unpaired) electrons. The van der Waals surface area contributed by atoms with Crippen molar-refractivity contribution in [1.29, 1.82) is 0 Å². The van der Waals surface area contributed by atoms with Gasteiger partial charge in [-0.05, 0) is 30.7 Å². The molecule has 0 aromatic heterocycles. The van der Waals surface area contributed by atoms with Gasteiger partial charge in [0.05, 0.1) is 5.56 Å². The Morgan fingerprint density at radius 2 is 2.00 bits per heavy atom. The molecule has 1 fully saturated rings. The predicted octanol–water partition coefficient (Wildman–Crippen LogP) is 1.09. The molecular formula is C13H13F3N2O3. The second kappa shape index (κ2) is 6.02. The van der Waals surface area contributed by atoms with Crippen molar-refractivity contribution < 1.29 is 27.5 Å². The first kappa shape index (κ1) is 15.1. The largest absolute Gasteiger partial charge is 0.484 e. The molecule has 0 bridgehead atoms. The number of alkyl halides is 3. The normalized spacial score (nSPS) is 18.2. The lowest BCUT2D eigenvalue weighted by molar-refractivity contribution is -0.137. The standard InChI is InChI=1S/C13H13F3N2O3/c14-13(15,16)8-1-3-9(4-2-8)21-7-11(19)18-10-5-6-17-12(10)20/h1-4,10H,5-7H2,(H,17,20)(H,18,19)/t10-/m0/s1. The van der Waals surface area contributed by atoms with Gasteiger partial charge in [-0.1, -0.05) is 0 Å². The Balaban J connectivity index is 1.82. The molecule has 21 heavy (non-hydrogen) atoms. The van der Waals surface area contributed by atoms with E-state index in [1.54, 1.807) is 0 Å². The number of rotatable bonds is 4. The van der Waals surface area contributed by atoms with Crippen LogP contribution in [0.5, 0.6) is 5.75 Å². The smallest absolute Gasteiger partial charge is 0.416 e. The zero-order chi connectivity index (χ0) is 15.5. The molecule has 5 nitrogen and oxygen atoms in total. The van der Waals surface area contributed by atoms with Gasteiger partial charge < -0.3 is 15.4 Å². The fourth-order valence-electron chi connectivity index (χ4n) is 1.86. The number of hydrogen-bond acceptors (Lipinski definition) is 3. The van der Waals surface area contributed by atoms with Crippen LogP contribution in [0.1, 0.15) is 12.0 Å². The maximum absolute atomic E-state index is 12.4. The first-order chi connectivity index (χ1) is 9.86. The molecule has 1 aliphatic rings. The fourth-order valence-corrected chi connectivity index (χ4v) is 1.86. The Bertz CT molecular complexity index is 528. The van der Waals surface area contributed by atoms with Crippen molar-refractivity contribution in [3.8, 4) is 5.75 Å². The SMILES string of the molecule is O=C(COc1ccc(C(F)(F)F)cc1)N[C@H]1CCNC1=O. The molecule has 2 N–H and O–H groups in total. The number of ether oxygens (including phenoxy) is 1. The van der Waals surface area contributed by atoms with Crippen LogP contribution in [0, 0.1) is 0 Å². The molecular weight excluding hydrogens is 289 g/mol. The van der Waals surface area contributed by atoms with Crippen LogP contribution in [-0.4, -0.2) is 31.0 Å². The summed E-state index contributed by atoms with van der Waals surface area (Å²) < 4.78 is 42.1. The minimum atomic E-state index is -4.41. The van der Waals surface area contributed by atoms with Crippen molar-refractivity contribution >= 4 is 11.8 Å². The fraction of sp³-hybridized carbons (Fsp3) is 0.385. The molecule has 0 saturated carbocycles. The highest BCUT2D eigenvalue weighted by molar-refractivity contribution is 5.89. The predicted molar refractivity (Wildman–Crippen MR) is 66.5 cm³/mol. The van der Waals surface area contributed by atoms with E-state index in [1.807, 2.05) is 0 Å². The average Bonchev–Trinajstić information content (AvgIpc) is 2.81. The summed E-state index contributed by atoms with van der Waals surface area (Å²) in [6, 6.07) is 3.44. The number of carbonyl (C=O) groups is 2. The Hall–Kier alpha value is -2.25. The van der Waals surface area contributed by atoms with E-state index in [0.29, 0.717) is 13.0 Å². The van der Waals surface area contributed by atoms with Crippen LogP contribution in [0.15, 0.2) is 24.3 Å². The summed E-state index contributed by atoms with van der Waals surface area (Å²) in [5.74, 6) is -0.608. The van der Waals surface area contributed by atoms with E-state index < -0.39 is 23.7 Å². The summed E-state index contributed by atoms with van der Waals surface area (Å²) in [6.45, 7) is 0.138. The Morgan fingerprint density at radius 1 is 1.33 bits per heavy atom. The van der Waals surface area contributed by atoms with Crippen LogP contribution < -0.4 is 15.4 Å².